The largest absolute Gasteiger partial charge is 0.396 e. The van der Waals surface area contributed by atoms with Gasteiger partial charge in [-0.05, 0) is 36.8 Å². The molecule has 3 aromatic rings. The van der Waals surface area contributed by atoms with Crippen molar-refractivity contribution in [1.29, 1.82) is 0 Å². The zero-order valence-electron chi connectivity index (χ0n) is 21.7. The van der Waals surface area contributed by atoms with Gasteiger partial charge >= 0.3 is 0 Å². The van der Waals surface area contributed by atoms with E-state index >= 15 is 0 Å². The predicted octanol–water partition coefficient (Wildman–Crippen LogP) is 2.62. The van der Waals surface area contributed by atoms with Crippen LogP contribution in [0.1, 0.15) is 16.3 Å². The van der Waals surface area contributed by atoms with Crippen molar-refractivity contribution in [1.82, 2.24) is 19.2 Å². The van der Waals surface area contributed by atoms with Crippen molar-refractivity contribution >= 4 is 55.0 Å². The van der Waals surface area contributed by atoms with E-state index in [0.717, 1.165) is 51.8 Å². The molecule has 2 N–H and O–H groups in total. The normalized spacial score (nSPS) is 18.6. The van der Waals surface area contributed by atoms with Gasteiger partial charge in [0.1, 0.15) is 0 Å². The summed E-state index contributed by atoms with van der Waals surface area (Å²) in [5.41, 5.74) is 9.74. The van der Waals surface area contributed by atoms with Crippen molar-refractivity contribution < 1.29 is 13.2 Å². The Hall–Kier alpha value is -2.90. The van der Waals surface area contributed by atoms with Crippen molar-refractivity contribution in [2.75, 3.05) is 63.6 Å². The van der Waals surface area contributed by atoms with Gasteiger partial charge in [0.25, 0.3) is 0 Å². The third-order valence-corrected chi connectivity index (χ3v) is 9.04. The van der Waals surface area contributed by atoms with Crippen LogP contribution >= 0.6 is 11.3 Å². The maximum absolute atomic E-state index is 11.9. The molecule has 0 aliphatic carbocycles. The molecule has 4 heterocycles. The van der Waals surface area contributed by atoms with Crippen molar-refractivity contribution in [3.63, 3.8) is 0 Å². The van der Waals surface area contributed by atoms with Gasteiger partial charge in [-0.15, -0.1) is 11.3 Å². The fraction of sp³-hybridized carbons (Fsp3) is 0.423. The third-order valence-electron chi connectivity index (χ3n) is 6.63. The van der Waals surface area contributed by atoms with Gasteiger partial charge < -0.3 is 15.4 Å². The number of benzene rings is 1. The fourth-order valence-electron chi connectivity index (χ4n) is 4.59. The highest BCUT2D eigenvalue weighted by atomic mass is 32.2. The summed E-state index contributed by atoms with van der Waals surface area (Å²) in [4.78, 5) is 19.9. The summed E-state index contributed by atoms with van der Waals surface area (Å²) in [6.07, 6.45) is 4.69. The summed E-state index contributed by atoms with van der Waals surface area (Å²) in [5, 5.41) is 0. The van der Waals surface area contributed by atoms with E-state index in [2.05, 4.69) is 20.9 Å². The van der Waals surface area contributed by atoms with Gasteiger partial charge in [-0.2, -0.15) is 4.31 Å². The number of nitrogens with two attached hydrogens (primary N) is 1. The number of aromatic nitrogens is 2. The van der Waals surface area contributed by atoms with E-state index in [4.69, 9.17) is 20.4 Å². The van der Waals surface area contributed by atoms with Crippen molar-refractivity contribution in [3.05, 3.63) is 52.7 Å². The van der Waals surface area contributed by atoms with Crippen LogP contribution in [0, 0.1) is 6.92 Å². The van der Waals surface area contributed by atoms with Crippen LogP contribution in [0.5, 0.6) is 0 Å². The highest BCUT2D eigenvalue weighted by molar-refractivity contribution is 7.88. The van der Waals surface area contributed by atoms with Crippen molar-refractivity contribution in [2.45, 2.75) is 13.5 Å². The van der Waals surface area contributed by atoms with Crippen LogP contribution in [-0.2, 0) is 21.3 Å². The number of thiophene rings is 1. The number of hydrogen-bond acceptors (Lipinski definition) is 10. The molecule has 0 radical (unpaired) electrons. The number of piperazine rings is 1. The molecule has 1 aromatic carbocycles. The second-order valence-corrected chi connectivity index (χ2v) is 12.7. The standard InChI is InChI=1S/C26H33N7O3S2/c1-19-4-3-5-20(16-19)28-7-6-22(27)25-29-23-17-21(18-31-8-10-33(11-9-31)38(2,34)35)37-24(23)26(30-25)32-12-14-36-15-13-32/h3-7,16-17H,8-15,18,27H2,1-2H3/b22-6-,28-7?. The lowest BCUT2D eigenvalue weighted by molar-refractivity contribution is 0.122. The summed E-state index contributed by atoms with van der Waals surface area (Å²) in [5.74, 6) is 1.35. The van der Waals surface area contributed by atoms with Crippen LogP contribution in [-0.4, -0.2) is 92.5 Å². The number of ether oxygens (including phenoxy) is 1. The van der Waals surface area contributed by atoms with Gasteiger partial charge in [-0.25, -0.2) is 18.4 Å². The molecule has 5 rings (SSSR count). The van der Waals surface area contributed by atoms with Crippen LogP contribution in [0.15, 0.2) is 41.4 Å². The van der Waals surface area contributed by atoms with Gasteiger partial charge in [-0.1, -0.05) is 12.1 Å². The van der Waals surface area contributed by atoms with E-state index in [9.17, 15) is 8.42 Å². The number of aryl methyl sites for hydroxylation is 1. The predicted molar refractivity (Wildman–Crippen MR) is 154 cm³/mol. The molecule has 0 saturated carbocycles. The summed E-state index contributed by atoms with van der Waals surface area (Å²) < 4.78 is 31.8. The Morgan fingerprint density at radius 3 is 2.61 bits per heavy atom. The Morgan fingerprint density at radius 1 is 1.13 bits per heavy atom. The Labute approximate surface area is 227 Å². The number of sulfonamides is 1. The number of anilines is 1. The monoisotopic (exact) mass is 555 g/mol. The van der Waals surface area contributed by atoms with E-state index in [1.54, 1.807) is 27.9 Å². The van der Waals surface area contributed by atoms with Gasteiger partial charge in [0.05, 0.1) is 41.1 Å². The lowest BCUT2D eigenvalue weighted by atomic mass is 10.2. The first kappa shape index (κ1) is 26.7. The zero-order chi connectivity index (χ0) is 26.7. The molecule has 2 aliphatic rings. The van der Waals surface area contributed by atoms with Crippen LogP contribution in [0.4, 0.5) is 11.5 Å². The van der Waals surface area contributed by atoms with E-state index in [-0.39, 0.29) is 0 Å². The van der Waals surface area contributed by atoms with Crippen LogP contribution in [0.3, 0.4) is 0 Å². The lowest BCUT2D eigenvalue weighted by Gasteiger charge is -2.32. The van der Waals surface area contributed by atoms with Gasteiger partial charge in [0.2, 0.25) is 10.0 Å². The molecular weight excluding hydrogens is 522 g/mol. The molecule has 38 heavy (non-hydrogen) atoms. The van der Waals surface area contributed by atoms with E-state index in [1.165, 1.54) is 6.26 Å². The fourth-order valence-corrected chi connectivity index (χ4v) is 6.57. The summed E-state index contributed by atoms with van der Waals surface area (Å²) >= 11 is 1.69. The molecule has 2 fully saturated rings. The van der Waals surface area contributed by atoms with Gasteiger partial charge in [0, 0.05) is 56.9 Å². The van der Waals surface area contributed by atoms with E-state index in [0.29, 0.717) is 50.9 Å². The van der Waals surface area contributed by atoms with Crippen LogP contribution < -0.4 is 10.6 Å². The lowest BCUT2D eigenvalue weighted by Crippen LogP contribution is -2.47. The summed E-state index contributed by atoms with van der Waals surface area (Å²) in [7, 11) is -3.15. The Kier molecular flexibility index (Phi) is 8.05. The maximum atomic E-state index is 11.9. The Balaban J connectivity index is 1.40. The minimum absolute atomic E-state index is 0.447. The highest BCUT2D eigenvalue weighted by Gasteiger charge is 2.25. The van der Waals surface area contributed by atoms with Crippen LogP contribution in [0.25, 0.3) is 15.9 Å². The second-order valence-electron chi connectivity index (χ2n) is 9.57. The minimum atomic E-state index is -3.15. The zero-order valence-corrected chi connectivity index (χ0v) is 23.3. The minimum Gasteiger partial charge on any atom is -0.396 e. The molecule has 2 aromatic heterocycles. The number of allylic oxidation sites excluding steroid dienone is 1. The number of morpholine rings is 1. The topological polar surface area (TPSA) is 117 Å². The molecular formula is C26H33N7O3S2. The van der Waals surface area contributed by atoms with Crippen LogP contribution in [0.2, 0.25) is 0 Å². The summed E-state index contributed by atoms with van der Waals surface area (Å²) in [6, 6.07) is 10.1. The third kappa shape index (κ3) is 6.38. The first-order valence-corrected chi connectivity index (χ1v) is 15.3. The van der Waals surface area contributed by atoms with E-state index < -0.39 is 10.0 Å². The molecule has 0 unspecified atom stereocenters. The second kappa shape index (κ2) is 11.5. The molecule has 12 heteroatoms. The maximum Gasteiger partial charge on any atom is 0.211 e. The molecule has 0 atom stereocenters. The smallest absolute Gasteiger partial charge is 0.211 e. The molecule has 0 bridgehead atoms. The highest BCUT2D eigenvalue weighted by Crippen LogP contribution is 2.34. The Morgan fingerprint density at radius 2 is 1.89 bits per heavy atom. The molecule has 202 valence electrons. The average molecular weight is 556 g/mol. The van der Waals surface area contributed by atoms with Crippen molar-refractivity contribution in [2.24, 2.45) is 10.7 Å². The number of nitrogens with zero attached hydrogens (tertiary/aromatic N) is 6. The van der Waals surface area contributed by atoms with Gasteiger partial charge in [-0.3, -0.25) is 9.89 Å². The quantitative estimate of drug-likeness (QED) is 0.442. The van der Waals surface area contributed by atoms with Gasteiger partial charge in [0.15, 0.2) is 11.6 Å². The van der Waals surface area contributed by atoms with Crippen molar-refractivity contribution in [3.8, 4) is 0 Å². The first-order chi connectivity index (χ1) is 18.3. The molecule has 2 aliphatic heterocycles. The first-order valence-electron chi connectivity index (χ1n) is 12.6. The number of fused-ring (bicyclic) bond motifs is 1. The molecule has 0 amide bonds. The Bertz CT molecular complexity index is 1450. The van der Waals surface area contributed by atoms with E-state index in [1.807, 2.05) is 31.2 Å². The average Bonchev–Trinajstić information content (AvgIpc) is 3.30. The SMILES string of the molecule is Cc1cccc(N=C/C=C(\N)c2nc(N3CCOCC3)c3sc(CN4CCN(S(C)(=O)=O)CC4)cc3n2)c1. The molecule has 0 spiro atoms. The molecule has 2 saturated heterocycles. The number of aliphatic imine (C=N–C) groups is 1. The number of hydrogen-bond donors (Lipinski definition) is 1. The number of rotatable bonds is 7. The molecule has 10 nitrogen and oxygen atoms in total. The summed E-state index contributed by atoms with van der Waals surface area (Å²) in [6.45, 7) is 8.01.